The quantitative estimate of drug-likeness (QED) is 0.463. The van der Waals surface area contributed by atoms with Gasteiger partial charge in [-0.3, -0.25) is 0 Å². The lowest BCUT2D eigenvalue weighted by atomic mass is 9.89. The summed E-state index contributed by atoms with van der Waals surface area (Å²) < 4.78 is 55.5. The van der Waals surface area contributed by atoms with Gasteiger partial charge in [0.25, 0.3) is 0 Å². The first-order chi connectivity index (χ1) is 14.3. The predicted molar refractivity (Wildman–Crippen MR) is 111 cm³/mol. The Balaban J connectivity index is 2.23. The van der Waals surface area contributed by atoms with Crippen LogP contribution in [0.15, 0.2) is 67.2 Å². The van der Waals surface area contributed by atoms with Gasteiger partial charge in [0, 0.05) is 5.56 Å². The number of benzene rings is 3. The van der Waals surface area contributed by atoms with Crippen molar-refractivity contribution < 1.29 is 27.4 Å². The van der Waals surface area contributed by atoms with Crippen molar-refractivity contribution in [3.63, 3.8) is 0 Å². The number of alkyl halides is 3. The van der Waals surface area contributed by atoms with E-state index in [4.69, 9.17) is 14.2 Å². The predicted octanol–water partition coefficient (Wildman–Crippen LogP) is 6.46. The van der Waals surface area contributed by atoms with Crippen molar-refractivity contribution in [1.29, 1.82) is 0 Å². The molecule has 0 fully saturated rings. The van der Waals surface area contributed by atoms with Crippen molar-refractivity contribution >= 4 is 5.57 Å². The first-order valence-corrected chi connectivity index (χ1v) is 9.07. The molecule has 3 aromatic rings. The molecule has 0 N–H and O–H groups in total. The average molecular weight is 414 g/mol. The molecule has 0 atom stereocenters. The van der Waals surface area contributed by atoms with E-state index in [0.717, 1.165) is 17.7 Å². The normalized spacial score (nSPS) is 11.1. The van der Waals surface area contributed by atoms with Crippen LogP contribution in [0.25, 0.3) is 16.7 Å². The lowest BCUT2D eigenvalue weighted by Crippen LogP contribution is -2.05. The Kier molecular flexibility index (Phi) is 6.06. The molecule has 0 aliphatic carbocycles. The number of methoxy groups -OCH3 is 3. The summed E-state index contributed by atoms with van der Waals surface area (Å²) in [6.45, 7) is 4.15. The maximum atomic E-state index is 12.9. The smallest absolute Gasteiger partial charge is 0.416 e. The highest BCUT2D eigenvalue weighted by Crippen LogP contribution is 2.49. The van der Waals surface area contributed by atoms with Gasteiger partial charge in [-0.05, 0) is 40.5 Å². The summed E-state index contributed by atoms with van der Waals surface area (Å²) >= 11 is 0. The third-order valence-corrected chi connectivity index (χ3v) is 4.78. The van der Waals surface area contributed by atoms with E-state index in [0.29, 0.717) is 39.5 Å². The summed E-state index contributed by atoms with van der Waals surface area (Å²) in [6.07, 6.45) is -4.40. The van der Waals surface area contributed by atoms with Gasteiger partial charge < -0.3 is 14.2 Å². The zero-order valence-electron chi connectivity index (χ0n) is 16.8. The number of hydrogen-bond donors (Lipinski definition) is 0. The second kappa shape index (κ2) is 8.53. The van der Waals surface area contributed by atoms with Gasteiger partial charge in [0.05, 0.1) is 26.9 Å². The monoisotopic (exact) mass is 414 g/mol. The second-order valence-electron chi connectivity index (χ2n) is 6.49. The van der Waals surface area contributed by atoms with E-state index in [1.807, 2.05) is 30.3 Å². The van der Waals surface area contributed by atoms with Gasteiger partial charge in [-0.1, -0.05) is 49.0 Å². The topological polar surface area (TPSA) is 27.7 Å². The molecule has 0 bridgehead atoms. The van der Waals surface area contributed by atoms with Crippen LogP contribution < -0.4 is 14.2 Å². The summed E-state index contributed by atoms with van der Waals surface area (Å²) in [5.74, 6) is 1.30. The molecule has 0 aliphatic rings. The Hall–Kier alpha value is -3.41. The molecule has 0 amide bonds. The van der Waals surface area contributed by atoms with Crippen LogP contribution in [0.3, 0.4) is 0 Å². The molecule has 0 radical (unpaired) electrons. The van der Waals surface area contributed by atoms with Crippen molar-refractivity contribution in [2.75, 3.05) is 21.3 Å². The second-order valence-corrected chi connectivity index (χ2v) is 6.49. The van der Waals surface area contributed by atoms with Crippen LogP contribution in [0.2, 0.25) is 0 Å². The number of rotatable bonds is 6. The maximum absolute atomic E-state index is 12.9. The van der Waals surface area contributed by atoms with E-state index in [9.17, 15) is 13.2 Å². The molecular weight excluding hydrogens is 393 g/mol. The highest BCUT2D eigenvalue weighted by molar-refractivity contribution is 5.93. The van der Waals surface area contributed by atoms with Crippen molar-refractivity contribution in [1.82, 2.24) is 0 Å². The van der Waals surface area contributed by atoms with Crippen molar-refractivity contribution in [2.24, 2.45) is 0 Å². The summed E-state index contributed by atoms with van der Waals surface area (Å²) in [6, 6.07) is 16.1. The van der Waals surface area contributed by atoms with E-state index in [1.165, 1.54) is 33.5 Å². The molecule has 0 spiro atoms. The summed E-state index contributed by atoms with van der Waals surface area (Å²) in [7, 11) is 4.54. The molecule has 156 valence electrons. The Morgan fingerprint density at radius 3 is 1.90 bits per heavy atom. The van der Waals surface area contributed by atoms with Gasteiger partial charge in [-0.15, -0.1) is 0 Å². The number of hydrogen-bond acceptors (Lipinski definition) is 3. The van der Waals surface area contributed by atoms with Crippen LogP contribution in [0.1, 0.15) is 16.7 Å². The van der Waals surface area contributed by atoms with E-state index in [1.54, 1.807) is 6.07 Å². The molecule has 0 saturated heterocycles. The van der Waals surface area contributed by atoms with Gasteiger partial charge in [0.1, 0.15) is 0 Å². The third kappa shape index (κ3) is 3.99. The van der Waals surface area contributed by atoms with E-state index < -0.39 is 11.7 Å². The number of ether oxygens (including phenoxy) is 3. The van der Waals surface area contributed by atoms with E-state index in [2.05, 4.69) is 6.58 Å². The minimum atomic E-state index is -4.40. The highest BCUT2D eigenvalue weighted by Gasteiger charge is 2.30. The fourth-order valence-electron chi connectivity index (χ4n) is 3.30. The Labute approximate surface area is 173 Å². The Bertz CT molecular complexity index is 1040. The summed E-state index contributed by atoms with van der Waals surface area (Å²) in [5.41, 5.74) is 2.58. The maximum Gasteiger partial charge on any atom is 0.416 e. The van der Waals surface area contributed by atoms with Crippen molar-refractivity contribution in [3.8, 4) is 28.4 Å². The van der Waals surface area contributed by atoms with Crippen LogP contribution in [0.4, 0.5) is 13.2 Å². The molecule has 3 nitrogen and oxygen atoms in total. The molecule has 30 heavy (non-hydrogen) atoms. The Morgan fingerprint density at radius 1 is 0.800 bits per heavy atom. The first kappa shape index (κ1) is 21.3. The number of halogens is 3. The van der Waals surface area contributed by atoms with Crippen LogP contribution in [-0.2, 0) is 6.18 Å². The molecule has 0 heterocycles. The molecular formula is C24H21F3O3. The fourth-order valence-corrected chi connectivity index (χ4v) is 3.30. The van der Waals surface area contributed by atoms with Gasteiger partial charge in [-0.25, -0.2) is 0 Å². The third-order valence-electron chi connectivity index (χ3n) is 4.78. The van der Waals surface area contributed by atoms with Crippen molar-refractivity contribution in [2.45, 2.75) is 6.18 Å². The highest BCUT2D eigenvalue weighted by atomic mass is 19.4. The lowest BCUT2D eigenvalue weighted by molar-refractivity contribution is -0.137. The molecule has 0 aliphatic heterocycles. The minimum Gasteiger partial charge on any atom is -0.493 e. The van der Waals surface area contributed by atoms with Gasteiger partial charge >= 0.3 is 6.18 Å². The minimum absolute atomic E-state index is 0.419. The summed E-state index contributed by atoms with van der Waals surface area (Å²) in [4.78, 5) is 0. The van der Waals surface area contributed by atoms with E-state index >= 15 is 0 Å². The van der Waals surface area contributed by atoms with Gasteiger partial charge in [-0.2, -0.15) is 13.2 Å². The van der Waals surface area contributed by atoms with Crippen LogP contribution in [0.5, 0.6) is 17.2 Å². The average Bonchev–Trinajstić information content (AvgIpc) is 2.77. The summed E-state index contributed by atoms with van der Waals surface area (Å²) in [5, 5.41) is 0. The van der Waals surface area contributed by atoms with Gasteiger partial charge in [0.2, 0.25) is 5.75 Å². The zero-order valence-corrected chi connectivity index (χ0v) is 16.8. The zero-order chi connectivity index (χ0) is 21.9. The largest absolute Gasteiger partial charge is 0.493 e. The molecule has 6 heteroatoms. The van der Waals surface area contributed by atoms with Crippen LogP contribution in [-0.4, -0.2) is 21.3 Å². The van der Waals surface area contributed by atoms with Crippen LogP contribution >= 0.6 is 0 Å². The molecule has 0 saturated carbocycles. The van der Waals surface area contributed by atoms with E-state index in [-0.39, 0.29) is 0 Å². The molecule has 3 rings (SSSR count). The lowest BCUT2D eigenvalue weighted by Gasteiger charge is -2.21. The Morgan fingerprint density at radius 2 is 1.40 bits per heavy atom. The van der Waals surface area contributed by atoms with Gasteiger partial charge in [0.15, 0.2) is 11.5 Å². The molecule has 0 unspecified atom stereocenters. The molecule has 3 aromatic carbocycles. The van der Waals surface area contributed by atoms with Crippen molar-refractivity contribution in [3.05, 3.63) is 83.9 Å². The standard InChI is InChI=1S/C24H21F3O3/c1-15(16-10-12-18(13-11-16)24(25,26)27)19-14-20(28-2)22(29-3)23(30-4)21(19)17-8-6-5-7-9-17/h5-14H,1H2,2-4H3. The van der Waals surface area contributed by atoms with Crippen LogP contribution in [0, 0.1) is 0 Å². The molecule has 0 aromatic heterocycles. The first-order valence-electron chi connectivity index (χ1n) is 9.07. The fraction of sp³-hybridized carbons (Fsp3) is 0.167. The SMILES string of the molecule is C=C(c1ccc(C(F)(F)F)cc1)c1cc(OC)c(OC)c(OC)c1-c1ccccc1.